The Balaban J connectivity index is 1.85. The highest BCUT2D eigenvalue weighted by molar-refractivity contribution is 5.23. The second-order valence-corrected chi connectivity index (χ2v) is 4.94. The second kappa shape index (κ2) is 4.90. The Morgan fingerprint density at radius 2 is 2.33 bits per heavy atom. The Kier molecular flexibility index (Phi) is 3.11. The summed E-state index contributed by atoms with van der Waals surface area (Å²) >= 11 is 0. The summed E-state index contributed by atoms with van der Waals surface area (Å²) in [5, 5.41) is 3.41. The maximum Gasteiger partial charge on any atom is 0.0951 e. The molecule has 2 aromatic rings. The van der Waals surface area contributed by atoms with Crippen LogP contribution < -0.4 is 5.32 Å². The van der Waals surface area contributed by atoms with Crippen LogP contribution in [0.15, 0.2) is 31.0 Å². The first-order valence-corrected chi connectivity index (χ1v) is 6.45. The fourth-order valence-corrected chi connectivity index (χ4v) is 2.57. The first-order chi connectivity index (χ1) is 8.84. The molecule has 2 aromatic heterocycles. The predicted octanol–water partition coefficient (Wildman–Crippen LogP) is 1.71. The first kappa shape index (κ1) is 11.4. The molecule has 0 saturated carbocycles. The molecule has 1 atom stereocenters. The lowest BCUT2D eigenvalue weighted by Gasteiger charge is -2.13. The van der Waals surface area contributed by atoms with Gasteiger partial charge in [0.25, 0.3) is 0 Å². The minimum absolute atomic E-state index is 0.606. The average molecular weight is 242 g/mol. The zero-order valence-electron chi connectivity index (χ0n) is 10.6. The van der Waals surface area contributed by atoms with Gasteiger partial charge in [0.1, 0.15) is 0 Å². The van der Waals surface area contributed by atoms with Crippen LogP contribution >= 0.6 is 0 Å². The summed E-state index contributed by atoms with van der Waals surface area (Å²) in [5.74, 6) is 0.606. The minimum atomic E-state index is 0.606. The quantitative estimate of drug-likeness (QED) is 0.891. The van der Waals surface area contributed by atoms with Gasteiger partial charge in [-0.3, -0.25) is 4.98 Å². The van der Waals surface area contributed by atoms with Crippen LogP contribution in [0.1, 0.15) is 29.2 Å². The average Bonchev–Trinajstić information content (AvgIpc) is 3.02. The third-order valence-corrected chi connectivity index (χ3v) is 3.70. The largest absolute Gasteiger partial charge is 0.330 e. The molecule has 0 amide bonds. The van der Waals surface area contributed by atoms with Gasteiger partial charge in [-0.05, 0) is 37.1 Å². The van der Waals surface area contributed by atoms with Crippen LogP contribution in [-0.4, -0.2) is 27.6 Å². The fraction of sp³-hybridized carbons (Fsp3) is 0.429. The van der Waals surface area contributed by atoms with E-state index < -0.39 is 0 Å². The van der Waals surface area contributed by atoms with Crippen molar-refractivity contribution >= 4 is 0 Å². The highest BCUT2D eigenvalue weighted by Gasteiger charge is 2.20. The summed E-state index contributed by atoms with van der Waals surface area (Å²) in [6, 6.07) is 2.09. The van der Waals surface area contributed by atoms with Crippen LogP contribution in [0.3, 0.4) is 0 Å². The zero-order valence-corrected chi connectivity index (χ0v) is 10.6. The van der Waals surface area contributed by atoms with E-state index in [0.717, 1.165) is 19.6 Å². The fourth-order valence-electron chi connectivity index (χ4n) is 2.57. The number of rotatable bonds is 3. The van der Waals surface area contributed by atoms with Crippen LogP contribution in [0, 0.1) is 6.92 Å². The van der Waals surface area contributed by atoms with E-state index >= 15 is 0 Å². The molecule has 1 aliphatic rings. The number of hydrogen-bond donors (Lipinski definition) is 1. The minimum Gasteiger partial charge on any atom is -0.330 e. The van der Waals surface area contributed by atoms with Crippen LogP contribution in [0.4, 0.5) is 0 Å². The molecule has 1 saturated heterocycles. The SMILES string of the molecule is Cc1cnccc1Cn1cncc1C1CCNC1. The predicted molar refractivity (Wildman–Crippen MR) is 70.5 cm³/mol. The van der Waals surface area contributed by atoms with E-state index in [2.05, 4.69) is 32.8 Å². The van der Waals surface area contributed by atoms with E-state index in [0.29, 0.717) is 5.92 Å². The van der Waals surface area contributed by atoms with Crippen LogP contribution in [0.25, 0.3) is 0 Å². The zero-order chi connectivity index (χ0) is 12.4. The van der Waals surface area contributed by atoms with Gasteiger partial charge in [-0.2, -0.15) is 0 Å². The normalized spacial score (nSPS) is 19.3. The number of aromatic nitrogens is 3. The monoisotopic (exact) mass is 242 g/mol. The lowest BCUT2D eigenvalue weighted by atomic mass is 10.1. The molecule has 4 nitrogen and oxygen atoms in total. The van der Waals surface area contributed by atoms with Gasteiger partial charge in [-0.15, -0.1) is 0 Å². The van der Waals surface area contributed by atoms with Crippen molar-refractivity contribution in [3.63, 3.8) is 0 Å². The molecule has 3 rings (SSSR count). The van der Waals surface area contributed by atoms with Crippen LogP contribution in [0.5, 0.6) is 0 Å². The van der Waals surface area contributed by atoms with Crippen molar-refractivity contribution in [3.8, 4) is 0 Å². The highest BCUT2D eigenvalue weighted by Crippen LogP contribution is 2.22. The van der Waals surface area contributed by atoms with Gasteiger partial charge >= 0.3 is 0 Å². The summed E-state index contributed by atoms with van der Waals surface area (Å²) in [6.07, 6.45) is 8.93. The van der Waals surface area contributed by atoms with E-state index in [1.165, 1.54) is 23.2 Å². The van der Waals surface area contributed by atoms with Crippen molar-refractivity contribution < 1.29 is 0 Å². The number of hydrogen-bond acceptors (Lipinski definition) is 3. The summed E-state index contributed by atoms with van der Waals surface area (Å²) in [4.78, 5) is 8.45. The van der Waals surface area contributed by atoms with Gasteiger partial charge in [0, 0.05) is 43.3 Å². The lowest BCUT2D eigenvalue weighted by Crippen LogP contribution is -2.12. The smallest absolute Gasteiger partial charge is 0.0951 e. The number of pyridine rings is 1. The summed E-state index contributed by atoms with van der Waals surface area (Å²) in [6.45, 7) is 5.18. The van der Waals surface area contributed by atoms with Crippen molar-refractivity contribution in [2.75, 3.05) is 13.1 Å². The van der Waals surface area contributed by atoms with Crippen molar-refractivity contribution in [1.82, 2.24) is 19.9 Å². The number of aryl methyl sites for hydroxylation is 1. The molecule has 4 heteroatoms. The Labute approximate surface area is 107 Å². The molecule has 0 spiro atoms. The third-order valence-electron chi connectivity index (χ3n) is 3.70. The molecule has 1 N–H and O–H groups in total. The molecule has 3 heterocycles. The molecule has 94 valence electrons. The Hall–Kier alpha value is -1.68. The summed E-state index contributed by atoms with van der Waals surface area (Å²) in [5.41, 5.74) is 3.90. The molecule has 1 fully saturated rings. The number of nitrogens with one attached hydrogen (secondary N) is 1. The van der Waals surface area contributed by atoms with Gasteiger partial charge in [-0.25, -0.2) is 4.98 Å². The van der Waals surface area contributed by atoms with E-state index in [1.807, 2.05) is 24.9 Å². The third kappa shape index (κ3) is 2.16. The molecule has 18 heavy (non-hydrogen) atoms. The molecular weight excluding hydrogens is 224 g/mol. The molecule has 0 aliphatic carbocycles. The topological polar surface area (TPSA) is 42.7 Å². The van der Waals surface area contributed by atoms with Crippen molar-refractivity contribution in [2.24, 2.45) is 0 Å². The van der Waals surface area contributed by atoms with Crippen molar-refractivity contribution in [3.05, 3.63) is 47.8 Å². The van der Waals surface area contributed by atoms with E-state index in [4.69, 9.17) is 0 Å². The van der Waals surface area contributed by atoms with E-state index in [-0.39, 0.29) is 0 Å². The Bertz CT molecular complexity index is 526. The summed E-state index contributed by atoms with van der Waals surface area (Å²) < 4.78 is 2.26. The van der Waals surface area contributed by atoms with Gasteiger partial charge in [0.2, 0.25) is 0 Å². The van der Waals surface area contributed by atoms with Crippen molar-refractivity contribution in [2.45, 2.75) is 25.8 Å². The highest BCUT2D eigenvalue weighted by atomic mass is 15.1. The first-order valence-electron chi connectivity index (χ1n) is 6.45. The van der Waals surface area contributed by atoms with Gasteiger partial charge in [-0.1, -0.05) is 0 Å². The Morgan fingerprint density at radius 3 is 3.11 bits per heavy atom. The Morgan fingerprint density at radius 1 is 1.39 bits per heavy atom. The number of nitrogens with zero attached hydrogens (tertiary/aromatic N) is 3. The van der Waals surface area contributed by atoms with Gasteiger partial charge in [0.05, 0.1) is 6.33 Å². The molecule has 1 unspecified atom stereocenters. The lowest BCUT2D eigenvalue weighted by molar-refractivity contribution is 0.652. The van der Waals surface area contributed by atoms with E-state index in [9.17, 15) is 0 Å². The number of imidazole rings is 1. The standard InChI is InChI=1S/C14H18N4/c1-11-6-15-5-3-13(11)9-18-10-17-8-14(18)12-2-4-16-7-12/h3,5-6,8,10,12,16H,2,4,7,9H2,1H3. The molecule has 0 aromatic carbocycles. The van der Waals surface area contributed by atoms with Gasteiger partial charge in [0.15, 0.2) is 0 Å². The van der Waals surface area contributed by atoms with Crippen LogP contribution in [-0.2, 0) is 6.54 Å². The second-order valence-electron chi connectivity index (χ2n) is 4.94. The molecule has 1 aliphatic heterocycles. The molecule has 0 radical (unpaired) electrons. The molecule has 0 bridgehead atoms. The summed E-state index contributed by atoms with van der Waals surface area (Å²) in [7, 11) is 0. The maximum atomic E-state index is 4.31. The van der Waals surface area contributed by atoms with Crippen LogP contribution in [0.2, 0.25) is 0 Å². The van der Waals surface area contributed by atoms with E-state index in [1.54, 1.807) is 0 Å². The van der Waals surface area contributed by atoms with Crippen molar-refractivity contribution in [1.29, 1.82) is 0 Å². The van der Waals surface area contributed by atoms with Gasteiger partial charge < -0.3 is 9.88 Å². The maximum absolute atomic E-state index is 4.31. The molecular formula is C14H18N4.